The number of nitrogens with one attached hydrogen (secondary N) is 1. The number of urea groups is 1. The van der Waals surface area contributed by atoms with Crippen molar-refractivity contribution in [2.45, 2.75) is 6.42 Å². The van der Waals surface area contributed by atoms with E-state index in [0.29, 0.717) is 12.5 Å². The molecule has 3 rings (SSSR count). The molecule has 0 spiro atoms. The molecule has 0 aliphatic carbocycles. The minimum Gasteiger partial charge on any atom is -0.381 e. The summed E-state index contributed by atoms with van der Waals surface area (Å²) in [5, 5.41) is 3.05. The largest absolute Gasteiger partial charge is 0.381 e. The number of carbonyl (C=O) groups is 1. The molecule has 2 aliphatic rings. The highest BCUT2D eigenvalue weighted by Crippen LogP contribution is 2.15. The number of hydrogen-bond acceptors (Lipinski definition) is 4. The van der Waals surface area contributed by atoms with E-state index in [1.54, 1.807) is 0 Å². The van der Waals surface area contributed by atoms with Crippen LogP contribution in [0.4, 0.5) is 10.5 Å². The van der Waals surface area contributed by atoms with E-state index in [2.05, 4.69) is 27.2 Å². The standard InChI is InChI=1S/C19H30N4O2/c1-21(18-5-3-2-4-6-18)9-8-20-19(24)23-12-10-22(11-13-23)15-17-7-14-25-16-17/h2-6,17H,7-16H2,1H3,(H,20,24). The second-order valence-electron chi connectivity index (χ2n) is 7.01. The predicted molar refractivity (Wildman–Crippen MR) is 100 cm³/mol. The van der Waals surface area contributed by atoms with Gasteiger partial charge in [-0.1, -0.05) is 18.2 Å². The summed E-state index contributed by atoms with van der Waals surface area (Å²) in [4.78, 5) is 18.9. The van der Waals surface area contributed by atoms with E-state index in [0.717, 1.165) is 52.5 Å². The number of hydrogen-bond donors (Lipinski definition) is 1. The topological polar surface area (TPSA) is 48.1 Å². The van der Waals surface area contributed by atoms with Gasteiger partial charge in [0.2, 0.25) is 0 Å². The van der Waals surface area contributed by atoms with Crippen LogP contribution in [0.3, 0.4) is 0 Å². The smallest absolute Gasteiger partial charge is 0.317 e. The molecule has 138 valence electrons. The predicted octanol–water partition coefficient (Wildman–Crippen LogP) is 1.49. The second kappa shape index (κ2) is 9.06. The molecule has 2 aliphatic heterocycles. The molecular formula is C19H30N4O2. The first-order valence-corrected chi connectivity index (χ1v) is 9.31. The summed E-state index contributed by atoms with van der Waals surface area (Å²) >= 11 is 0. The van der Waals surface area contributed by atoms with E-state index in [9.17, 15) is 4.79 Å². The highest BCUT2D eigenvalue weighted by molar-refractivity contribution is 5.74. The molecule has 6 nitrogen and oxygen atoms in total. The third-order valence-electron chi connectivity index (χ3n) is 5.12. The average molecular weight is 346 g/mol. The Morgan fingerprint density at radius 1 is 1.24 bits per heavy atom. The van der Waals surface area contributed by atoms with Gasteiger partial charge in [0.25, 0.3) is 0 Å². The summed E-state index contributed by atoms with van der Waals surface area (Å²) < 4.78 is 5.45. The zero-order valence-corrected chi connectivity index (χ0v) is 15.2. The van der Waals surface area contributed by atoms with Gasteiger partial charge in [0.1, 0.15) is 0 Å². The maximum atomic E-state index is 12.3. The lowest BCUT2D eigenvalue weighted by molar-refractivity contribution is 0.120. The Labute approximate surface area is 150 Å². The van der Waals surface area contributed by atoms with E-state index in [1.807, 2.05) is 30.1 Å². The Kier molecular flexibility index (Phi) is 6.53. The summed E-state index contributed by atoms with van der Waals surface area (Å²) in [5.41, 5.74) is 1.17. The average Bonchev–Trinajstić information content (AvgIpc) is 3.16. The molecule has 0 aromatic heterocycles. The quantitative estimate of drug-likeness (QED) is 0.848. The Balaban J connectivity index is 1.32. The molecular weight excluding hydrogens is 316 g/mol. The van der Waals surface area contributed by atoms with Crippen LogP contribution in [0.15, 0.2) is 30.3 Å². The van der Waals surface area contributed by atoms with Gasteiger partial charge >= 0.3 is 6.03 Å². The number of rotatable bonds is 6. The molecule has 1 N–H and O–H groups in total. The van der Waals surface area contributed by atoms with Crippen LogP contribution < -0.4 is 10.2 Å². The number of nitrogens with zero attached hydrogens (tertiary/aromatic N) is 3. The van der Waals surface area contributed by atoms with Crippen LogP contribution in [-0.4, -0.2) is 81.9 Å². The van der Waals surface area contributed by atoms with E-state index in [4.69, 9.17) is 4.74 Å². The van der Waals surface area contributed by atoms with Crippen molar-refractivity contribution in [2.24, 2.45) is 5.92 Å². The van der Waals surface area contributed by atoms with E-state index in [1.165, 1.54) is 12.1 Å². The van der Waals surface area contributed by atoms with E-state index >= 15 is 0 Å². The molecule has 2 fully saturated rings. The summed E-state index contributed by atoms with van der Waals surface area (Å²) in [6.45, 7) is 7.93. The van der Waals surface area contributed by atoms with Crippen molar-refractivity contribution in [2.75, 3.05) is 71.0 Å². The van der Waals surface area contributed by atoms with Crippen molar-refractivity contribution < 1.29 is 9.53 Å². The summed E-state index contributed by atoms with van der Waals surface area (Å²) in [6.07, 6.45) is 1.18. The van der Waals surface area contributed by atoms with Crippen molar-refractivity contribution in [3.63, 3.8) is 0 Å². The number of benzene rings is 1. The number of likely N-dealkylation sites (N-methyl/N-ethyl adjacent to an activating group) is 1. The highest BCUT2D eigenvalue weighted by atomic mass is 16.5. The van der Waals surface area contributed by atoms with Crippen molar-refractivity contribution >= 4 is 11.7 Å². The first-order valence-electron chi connectivity index (χ1n) is 9.31. The van der Waals surface area contributed by atoms with Crippen LogP contribution in [0.25, 0.3) is 0 Å². The molecule has 1 unspecified atom stereocenters. The fourth-order valence-corrected chi connectivity index (χ4v) is 3.48. The Morgan fingerprint density at radius 3 is 2.68 bits per heavy atom. The number of para-hydroxylation sites is 1. The van der Waals surface area contributed by atoms with Gasteiger partial charge in [0.05, 0.1) is 6.61 Å². The summed E-state index contributed by atoms with van der Waals surface area (Å²) in [5.74, 6) is 0.675. The van der Waals surface area contributed by atoms with Crippen molar-refractivity contribution in [1.29, 1.82) is 0 Å². The zero-order chi connectivity index (χ0) is 17.5. The minimum atomic E-state index is 0.0605. The van der Waals surface area contributed by atoms with Gasteiger partial charge in [-0.05, 0) is 24.5 Å². The molecule has 1 aromatic rings. The van der Waals surface area contributed by atoms with Crippen LogP contribution in [-0.2, 0) is 4.74 Å². The first kappa shape index (κ1) is 18.0. The number of carbonyl (C=O) groups excluding carboxylic acids is 1. The first-order chi connectivity index (χ1) is 12.2. The third-order valence-corrected chi connectivity index (χ3v) is 5.12. The molecule has 2 amide bonds. The maximum Gasteiger partial charge on any atom is 0.317 e. The third kappa shape index (κ3) is 5.34. The lowest BCUT2D eigenvalue weighted by atomic mass is 10.1. The number of anilines is 1. The Bertz CT molecular complexity index is 525. The molecule has 1 aromatic carbocycles. The monoisotopic (exact) mass is 346 g/mol. The van der Waals surface area contributed by atoms with Gasteiger partial charge < -0.3 is 19.9 Å². The van der Waals surface area contributed by atoms with Crippen LogP contribution in [0.5, 0.6) is 0 Å². The highest BCUT2D eigenvalue weighted by Gasteiger charge is 2.24. The van der Waals surface area contributed by atoms with E-state index in [-0.39, 0.29) is 6.03 Å². The van der Waals surface area contributed by atoms with Crippen LogP contribution in [0.2, 0.25) is 0 Å². The molecule has 0 radical (unpaired) electrons. The van der Waals surface area contributed by atoms with E-state index < -0.39 is 0 Å². The summed E-state index contributed by atoms with van der Waals surface area (Å²) in [7, 11) is 2.05. The van der Waals surface area contributed by atoms with Crippen LogP contribution >= 0.6 is 0 Å². The van der Waals surface area contributed by atoms with Gasteiger partial charge in [-0.15, -0.1) is 0 Å². The van der Waals surface area contributed by atoms with Crippen molar-refractivity contribution in [3.8, 4) is 0 Å². The molecule has 25 heavy (non-hydrogen) atoms. The number of piperazine rings is 1. The molecule has 0 saturated carbocycles. The van der Waals surface area contributed by atoms with Gasteiger partial charge in [-0.3, -0.25) is 4.90 Å². The number of ether oxygens (including phenoxy) is 1. The Morgan fingerprint density at radius 2 is 2.00 bits per heavy atom. The lowest BCUT2D eigenvalue weighted by Crippen LogP contribution is -2.53. The van der Waals surface area contributed by atoms with Crippen molar-refractivity contribution in [3.05, 3.63) is 30.3 Å². The van der Waals surface area contributed by atoms with Crippen LogP contribution in [0, 0.1) is 5.92 Å². The normalized spacial score (nSPS) is 21.3. The SMILES string of the molecule is CN(CCNC(=O)N1CCN(CC2CCOC2)CC1)c1ccccc1. The zero-order valence-electron chi connectivity index (χ0n) is 15.2. The van der Waals surface area contributed by atoms with Gasteiger partial charge in [0, 0.05) is 65.2 Å². The minimum absolute atomic E-state index is 0.0605. The van der Waals surface area contributed by atoms with Gasteiger partial charge in [-0.2, -0.15) is 0 Å². The molecule has 2 saturated heterocycles. The van der Waals surface area contributed by atoms with Gasteiger partial charge in [-0.25, -0.2) is 4.79 Å². The molecule has 2 heterocycles. The molecule has 0 bridgehead atoms. The fraction of sp³-hybridized carbons (Fsp3) is 0.632. The lowest BCUT2D eigenvalue weighted by Gasteiger charge is -2.35. The maximum absolute atomic E-state index is 12.3. The Hall–Kier alpha value is -1.79. The van der Waals surface area contributed by atoms with Crippen LogP contribution in [0.1, 0.15) is 6.42 Å². The van der Waals surface area contributed by atoms with Crippen molar-refractivity contribution in [1.82, 2.24) is 15.1 Å². The summed E-state index contributed by atoms with van der Waals surface area (Å²) in [6, 6.07) is 10.3. The number of amides is 2. The fourth-order valence-electron chi connectivity index (χ4n) is 3.48. The van der Waals surface area contributed by atoms with Gasteiger partial charge in [0.15, 0.2) is 0 Å². The molecule has 6 heteroatoms. The second-order valence-corrected chi connectivity index (χ2v) is 7.01. The molecule has 1 atom stereocenters.